The minimum absolute atomic E-state index is 0.134. The minimum atomic E-state index is -0.759. The van der Waals surface area contributed by atoms with Gasteiger partial charge in [-0.3, -0.25) is 9.59 Å². The molecule has 0 aliphatic heterocycles. The molecule has 0 aromatic carbocycles. The van der Waals surface area contributed by atoms with Gasteiger partial charge in [0.2, 0.25) is 5.91 Å². The normalized spacial score (nSPS) is 18.6. The number of hydrogen-bond acceptors (Lipinski definition) is 2. The van der Waals surface area contributed by atoms with Crippen molar-refractivity contribution in [2.24, 2.45) is 11.8 Å². The summed E-state index contributed by atoms with van der Waals surface area (Å²) < 4.78 is 0. The van der Waals surface area contributed by atoms with E-state index in [0.29, 0.717) is 25.3 Å². The van der Waals surface area contributed by atoms with Crippen LogP contribution in [-0.4, -0.2) is 23.5 Å². The Bertz CT molecular complexity index is 283. The molecule has 1 aliphatic carbocycles. The summed E-state index contributed by atoms with van der Waals surface area (Å²) in [5.41, 5.74) is 0. The van der Waals surface area contributed by atoms with Crippen LogP contribution in [0, 0.1) is 11.8 Å². The van der Waals surface area contributed by atoms with Crippen LogP contribution < -0.4 is 5.32 Å². The van der Waals surface area contributed by atoms with Crippen molar-refractivity contribution < 1.29 is 14.7 Å². The van der Waals surface area contributed by atoms with E-state index in [1.807, 2.05) is 0 Å². The average molecular weight is 269 g/mol. The van der Waals surface area contributed by atoms with Crippen LogP contribution in [0.5, 0.6) is 0 Å². The zero-order chi connectivity index (χ0) is 14.1. The molecule has 0 aromatic heterocycles. The zero-order valence-electron chi connectivity index (χ0n) is 12.0. The predicted octanol–water partition coefficient (Wildman–Crippen LogP) is 2.96. The van der Waals surface area contributed by atoms with E-state index in [9.17, 15) is 9.59 Å². The molecule has 1 saturated carbocycles. The van der Waals surface area contributed by atoms with Crippen LogP contribution in [-0.2, 0) is 9.59 Å². The summed E-state index contributed by atoms with van der Waals surface area (Å²) in [5.74, 6) is -0.390. The standard InChI is InChI=1S/C15H27NO3/c1-12(15(18)19)7-6-10-16-14(17)11-13-8-4-2-3-5-9-13/h12-13H,2-11H2,1H3,(H,16,17)(H,18,19). The van der Waals surface area contributed by atoms with Crippen molar-refractivity contribution in [1.29, 1.82) is 0 Å². The largest absolute Gasteiger partial charge is 0.481 e. The van der Waals surface area contributed by atoms with Gasteiger partial charge in [-0.1, -0.05) is 32.6 Å². The Morgan fingerprint density at radius 2 is 1.84 bits per heavy atom. The van der Waals surface area contributed by atoms with Gasteiger partial charge in [0.25, 0.3) is 0 Å². The molecular formula is C15H27NO3. The van der Waals surface area contributed by atoms with Gasteiger partial charge < -0.3 is 10.4 Å². The number of hydrogen-bond donors (Lipinski definition) is 2. The Morgan fingerprint density at radius 3 is 2.42 bits per heavy atom. The Morgan fingerprint density at radius 1 is 1.21 bits per heavy atom. The number of nitrogens with one attached hydrogen (secondary N) is 1. The van der Waals surface area contributed by atoms with Crippen molar-refractivity contribution in [2.45, 2.75) is 64.7 Å². The first-order chi connectivity index (χ1) is 9.09. The number of carbonyl (C=O) groups is 2. The van der Waals surface area contributed by atoms with Crippen LogP contribution in [0.3, 0.4) is 0 Å². The molecule has 0 heterocycles. The highest BCUT2D eigenvalue weighted by Gasteiger charge is 2.16. The fourth-order valence-electron chi connectivity index (χ4n) is 2.66. The second-order valence-corrected chi connectivity index (χ2v) is 5.79. The average Bonchev–Trinajstić information content (AvgIpc) is 2.62. The Hall–Kier alpha value is -1.06. The highest BCUT2D eigenvalue weighted by atomic mass is 16.4. The number of carbonyl (C=O) groups excluding carboxylic acids is 1. The van der Waals surface area contributed by atoms with E-state index in [1.54, 1.807) is 6.92 Å². The summed E-state index contributed by atoms with van der Waals surface area (Å²) in [7, 11) is 0. The fourth-order valence-corrected chi connectivity index (χ4v) is 2.66. The quantitative estimate of drug-likeness (QED) is 0.551. The maximum atomic E-state index is 11.8. The van der Waals surface area contributed by atoms with E-state index in [1.165, 1.54) is 38.5 Å². The van der Waals surface area contributed by atoms with Gasteiger partial charge in [0.15, 0.2) is 0 Å². The fraction of sp³-hybridized carbons (Fsp3) is 0.867. The predicted molar refractivity (Wildman–Crippen MR) is 74.9 cm³/mol. The topological polar surface area (TPSA) is 66.4 Å². The van der Waals surface area contributed by atoms with Gasteiger partial charge in [0.05, 0.1) is 5.92 Å². The summed E-state index contributed by atoms with van der Waals surface area (Å²) in [6, 6.07) is 0. The highest BCUT2D eigenvalue weighted by molar-refractivity contribution is 5.76. The van der Waals surface area contributed by atoms with Gasteiger partial charge in [-0.15, -0.1) is 0 Å². The van der Waals surface area contributed by atoms with Crippen LogP contribution in [0.4, 0.5) is 0 Å². The molecule has 0 radical (unpaired) electrons. The third kappa shape index (κ3) is 7.19. The molecule has 0 spiro atoms. The molecule has 4 nitrogen and oxygen atoms in total. The molecule has 1 rings (SSSR count). The van der Waals surface area contributed by atoms with Crippen LogP contribution in [0.15, 0.2) is 0 Å². The number of carboxylic acids is 1. The molecule has 0 saturated heterocycles. The zero-order valence-corrected chi connectivity index (χ0v) is 12.0. The molecule has 1 fully saturated rings. The molecule has 0 aromatic rings. The highest BCUT2D eigenvalue weighted by Crippen LogP contribution is 2.25. The molecule has 110 valence electrons. The lowest BCUT2D eigenvalue weighted by Crippen LogP contribution is -2.27. The molecule has 0 bridgehead atoms. The van der Waals surface area contributed by atoms with Crippen LogP contribution in [0.1, 0.15) is 64.7 Å². The van der Waals surface area contributed by atoms with Gasteiger partial charge in [0, 0.05) is 13.0 Å². The van der Waals surface area contributed by atoms with Crippen molar-refractivity contribution >= 4 is 11.9 Å². The lowest BCUT2D eigenvalue weighted by atomic mass is 9.96. The van der Waals surface area contributed by atoms with Gasteiger partial charge >= 0.3 is 5.97 Å². The molecule has 4 heteroatoms. The molecule has 1 atom stereocenters. The molecule has 19 heavy (non-hydrogen) atoms. The molecule has 2 N–H and O–H groups in total. The lowest BCUT2D eigenvalue weighted by Gasteiger charge is -2.13. The summed E-state index contributed by atoms with van der Waals surface area (Å²) in [4.78, 5) is 22.4. The van der Waals surface area contributed by atoms with Gasteiger partial charge in [-0.2, -0.15) is 0 Å². The van der Waals surface area contributed by atoms with E-state index in [4.69, 9.17) is 5.11 Å². The third-order valence-corrected chi connectivity index (χ3v) is 4.01. The van der Waals surface area contributed by atoms with E-state index < -0.39 is 5.97 Å². The summed E-state index contributed by atoms with van der Waals surface area (Å²) >= 11 is 0. The van der Waals surface area contributed by atoms with Crippen molar-refractivity contribution in [3.8, 4) is 0 Å². The number of carboxylic acid groups (broad SMARTS) is 1. The molecule has 1 amide bonds. The lowest BCUT2D eigenvalue weighted by molar-refractivity contribution is -0.141. The van der Waals surface area contributed by atoms with Crippen LogP contribution in [0.2, 0.25) is 0 Å². The summed E-state index contributed by atoms with van der Waals surface area (Å²) in [6.07, 6.45) is 9.52. The monoisotopic (exact) mass is 269 g/mol. The number of rotatable bonds is 7. The van der Waals surface area contributed by atoms with Gasteiger partial charge in [-0.05, 0) is 31.6 Å². The first kappa shape index (κ1) is 16.0. The maximum Gasteiger partial charge on any atom is 0.306 e. The minimum Gasteiger partial charge on any atom is -0.481 e. The maximum absolute atomic E-state index is 11.8. The van der Waals surface area contributed by atoms with E-state index in [0.717, 1.165) is 6.42 Å². The Kier molecular flexibility index (Phi) is 7.53. The SMILES string of the molecule is CC(CCCNC(=O)CC1CCCCCC1)C(=O)O. The Labute approximate surface area is 116 Å². The molecule has 1 unspecified atom stereocenters. The smallest absolute Gasteiger partial charge is 0.306 e. The van der Waals surface area contributed by atoms with E-state index >= 15 is 0 Å². The summed E-state index contributed by atoms with van der Waals surface area (Å²) in [6.45, 7) is 2.30. The van der Waals surface area contributed by atoms with Crippen LogP contribution >= 0.6 is 0 Å². The van der Waals surface area contributed by atoms with Crippen molar-refractivity contribution in [3.63, 3.8) is 0 Å². The second kappa shape index (κ2) is 8.94. The van der Waals surface area contributed by atoms with E-state index in [-0.39, 0.29) is 11.8 Å². The first-order valence-electron chi connectivity index (χ1n) is 7.59. The van der Waals surface area contributed by atoms with Crippen molar-refractivity contribution in [1.82, 2.24) is 5.32 Å². The van der Waals surface area contributed by atoms with Crippen molar-refractivity contribution in [2.75, 3.05) is 6.54 Å². The first-order valence-corrected chi connectivity index (χ1v) is 7.59. The van der Waals surface area contributed by atoms with Crippen LogP contribution in [0.25, 0.3) is 0 Å². The van der Waals surface area contributed by atoms with E-state index in [2.05, 4.69) is 5.32 Å². The third-order valence-electron chi connectivity index (χ3n) is 4.01. The molecule has 1 aliphatic rings. The summed E-state index contributed by atoms with van der Waals surface area (Å²) in [5, 5.41) is 11.7. The van der Waals surface area contributed by atoms with Crippen molar-refractivity contribution in [3.05, 3.63) is 0 Å². The number of aliphatic carboxylic acids is 1. The second-order valence-electron chi connectivity index (χ2n) is 5.79. The number of amides is 1. The Balaban J connectivity index is 2.08. The molecular weight excluding hydrogens is 242 g/mol. The van der Waals surface area contributed by atoms with Gasteiger partial charge in [-0.25, -0.2) is 0 Å². The van der Waals surface area contributed by atoms with Gasteiger partial charge in [0.1, 0.15) is 0 Å².